The number of nitrogens with zero attached hydrogens (tertiary/aromatic N) is 1. The largest absolute Gasteiger partial charge is 0.315 e. The van der Waals surface area contributed by atoms with Crippen LogP contribution in [0.5, 0.6) is 0 Å². The molecule has 0 aromatic heterocycles. The van der Waals surface area contributed by atoms with E-state index < -0.39 is 0 Å². The molecule has 0 bridgehead atoms. The van der Waals surface area contributed by atoms with Gasteiger partial charge in [0.05, 0.1) is 0 Å². The smallest absolute Gasteiger partial charge is 0.227 e. The van der Waals surface area contributed by atoms with E-state index in [1.54, 1.807) is 23.7 Å². The molecule has 0 saturated heterocycles. The Morgan fingerprint density at radius 3 is 2.50 bits per heavy atom. The third-order valence-corrected chi connectivity index (χ3v) is 3.30. The SMILES string of the molecule is CCSc1ccc(N(C)C(=O)CCCl)cc1. The van der Waals surface area contributed by atoms with Crippen molar-refractivity contribution in [3.63, 3.8) is 0 Å². The monoisotopic (exact) mass is 257 g/mol. The zero-order valence-electron chi connectivity index (χ0n) is 9.57. The minimum Gasteiger partial charge on any atom is -0.315 e. The summed E-state index contributed by atoms with van der Waals surface area (Å²) in [5.74, 6) is 1.47. The molecule has 1 amide bonds. The average Bonchev–Trinajstić information content (AvgIpc) is 2.30. The van der Waals surface area contributed by atoms with Crippen molar-refractivity contribution >= 4 is 35.0 Å². The fraction of sp³-hybridized carbons (Fsp3) is 0.417. The van der Waals surface area contributed by atoms with Crippen molar-refractivity contribution in [2.24, 2.45) is 0 Å². The maximum absolute atomic E-state index is 11.6. The molecule has 0 spiro atoms. The molecule has 1 rings (SSSR count). The van der Waals surface area contributed by atoms with Gasteiger partial charge in [-0.05, 0) is 30.0 Å². The van der Waals surface area contributed by atoms with Crippen LogP contribution >= 0.6 is 23.4 Å². The Hall–Kier alpha value is -0.670. The first-order valence-corrected chi connectivity index (χ1v) is 6.76. The van der Waals surface area contributed by atoms with Crippen molar-refractivity contribution in [2.45, 2.75) is 18.2 Å². The number of rotatable bonds is 5. The number of benzene rings is 1. The molecule has 0 fully saturated rings. The van der Waals surface area contributed by atoms with Crippen LogP contribution in [0.1, 0.15) is 13.3 Å². The summed E-state index contributed by atoms with van der Waals surface area (Å²) in [6.07, 6.45) is 0.378. The third-order valence-electron chi connectivity index (χ3n) is 2.22. The molecule has 1 aromatic carbocycles. The highest BCUT2D eigenvalue weighted by molar-refractivity contribution is 7.99. The Balaban J connectivity index is 2.69. The first-order chi connectivity index (χ1) is 7.69. The van der Waals surface area contributed by atoms with E-state index in [1.807, 2.05) is 24.3 Å². The van der Waals surface area contributed by atoms with E-state index in [0.29, 0.717) is 12.3 Å². The number of anilines is 1. The minimum atomic E-state index is 0.0471. The second-order valence-electron chi connectivity index (χ2n) is 3.32. The van der Waals surface area contributed by atoms with Gasteiger partial charge in [-0.25, -0.2) is 0 Å². The van der Waals surface area contributed by atoms with Crippen LogP contribution in [0.2, 0.25) is 0 Å². The molecule has 1 aromatic rings. The third kappa shape index (κ3) is 3.72. The molecule has 0 radical (unpaired) electrons. The van der Waals surface area contributed by atoms with Crippen LogP contribution in [0.3, 0.4) is 0 Å². The number of amides is 1. The van der Waals surface area contributed by atoms with E-state index >= 15 is 0 Å². The fourth-order valence-corrected chi connectivity index (χ4v) is 2.15. The lowest BCUT2D eigenvalue weighted by molar-refractivity contribution is -0.117. The van der Waals surface area contributed by atoms with Gasteiger partial charge in [-0.1, -0.05) is 6.92 Å². The van der Waals surface area contributed by atoms with Crippen LogP contribution in [0.4, 0.5) is 5.69 Å². The van der Waals surface area contributed by atoms with Crippen molar-refractivity contribution in [1.82, 2.24) is 0 Å². The molecule has 0 atom stereocenters. The summed E-state index contributed by atoms with van der Waals surface area (Å²) in [4.78, 5) is 14.5. The summed E-state index contributed by atoms with van der Waals surface area (Å²) in [5.41, 5.74) is 0.913. The summed E-state index contributed by atoms with van der Waals surface area (Å²) in [5, 5.41) is 0. The van der Waals surface area contributed by atoms with Gasteiger partial charge in [0.25, 0.3) is 0 Å². The van der Waals surface area contributed by atoms with Crippen molar-refractivity contribution in [3.05, 3.63) is 24.3 Å². The van der Waals surface area contributed by atoms with Crippen LogP contribution in [0.25, 0.3) is 0 Å². The summed E-state index contributed by atoms with van der Waals surface area (Å²) >= 11 is 7.33. The summed E-state index contributed by atoms with van der Waals surface area (Å²) in [6, 6.07) is 8.00. The van der Waals surface area contributed by atoms with Crippen LogP contribution in [-0.2, 0) is 4.79 Å². The van der Waals surface area contributed by atoms with Gasteiger partial charge < -0.3 is 4.90 Å². The molecule has 2 nitrogen and oxygen atoms in total. The number of thioether (sulfide) groups is 1. The molecular formula is C12H16ClNOS. The predicted molar refractivity (Wildman–Crippen MR) is 71.6 cm³/mol. The van der Waals surface area contributed by atoms with E-state index in [0.717, 1.165) is 11.4 Å². The standard InChI is InChI=1S/C12H16ClNOS/c1-3-16-11-6-4-10(5-7-11)14(2)12(15)8-9-13/h4-7H,3,8-9H2,1-2H3. The maximum atomic E-state index is 11.6. The first-order valence-electron chi connectivity index (χ1n) is 5.24. The van der Waals surface area contributed by atoms with Gasteiger partial charge in [-0.15, -0.1) is 23.4 Å². The highest BCUT2D eigenvalue weighted by Gasteiger charge is 2.09. The van der Waals surface area contributed by atoms with Gasteiger partial charge in [0.15, 0.2) is 0 Å². The van der Waals surface area contributed by atoms with Crippen molar-refractivity contribution < 1.29 is 4.79 Å². The van der Waals surface area contributed by atoms with E-state index in [9.17, 15) is 4.79 Å². The number of halogens is 1. The van der Waals surface area contributed by atoms with Gasteiger partial charge in [0, 0.05) is 29.9 Å². The Morgan fingerprint density at radius 2 is 2.00 bits per heavy atom. The maximum Gasteiger partial charge on any atom is 0.227 e. The van der Waals surface area contributed by atoms with Crippen molar-refractivity contribution in [1.29, 1.82) is 0 Å². The van der Waals surface area contributed by atoms with Crippen LogP contribution in [-0.4, -0.2) is 24.6 Å². The van der Waals surface area contributed by atoms with Crippen LogP contribution in [0.15, 0.2) is 29.2 Å². The summed E-state index contributed by atoms with van der Waals surface area (Å²) < 4.78 is 0. The predicted octanol–water partition coefficient (Wildman–Crippen LogP) is 3.39. The second-order valence-corrected chi connectivity index (χ2v) is 5.03. The molecule has 0 N–H and O–H groups in total. The molecule has 0 heterocycles. The number of carbonyl (C=O) groups is 1. The van der Waals surface area contributed by atoms with Crippen LogP contribution in [0, 0.1) is 0 Å². The molecule has 0 aliphatic carbocycles. The molecular weight excluding hydrogens is 242 g/mol. The first kappa shape index (κ1) is 13.4. The Kier molecular flexibility index (Phi) is 5.71. The molecule has 16 heavy (non-hydrogen) atoms. The van der Waals surface area contributed by atoms with Gasteiger partial charge in [-0.3, -0.25) is 4.79 Å². The molecule has 0 unspecified atom stereocenters. The molecule has 0 aliphatic rings. The van der Waals surface area contributed by atoms with Crippen molar-refractivity contribution in [2.75, 3.05) is 23.6 Å². The van der Waals surface area contributed by atoms with Gasteiger partial charge in [0.1, 0.15) is 0 Å². The van der Waals surface area contributed by atoms with E-state index in [1.165, 1.54) is 4.90 Å². The highest BCUT2D eigenvalue weighted by atomic mass is 35.5. The Labute approximate surface area is 106 Å². The highest BCUT2D eigenvalue weighted by Crippen LogP contribution is 2.21. The average molecular weight is 258 g/mol. The minimum absolute atomic E-state index is 0.0471. The normalized spacial score (nSPS) is 10.2. The lowest BCUT2D eigenvalue weighted by Gasteiger charge is -2.17. The van der Waals surface area contributed by atoms with E-state index in [4.69, 9.17) is 11.6 Å². The van der Waals surface area contributed by atoms with Crippen LogP contribution < -0.4 is 4.90 Å². The molecule has 0 aliphatic heterocycles. The number of hydrogen-bond acceptors (Lipinski definition) is 2. The zero-order valence-corrected chi connectivity index (χ0v) is 11.1. The fourth-order valence-electron chi connectivity index (χ4n) is 1.33. The number of alkyl halides is 1. The molecule has 0 saturated carbocycles. The van der Waals surface area contributed by atoms with Crippen molar-refractivity contribution in [3.8, 4) is 0 Å². The molecule has 88 valence electrons. The van der Waals surface area contributed by atoms with Gasteiger partial charge in [-0.2, -0.15) is 0 Å². The topological polar surface area (TPSA) is 20.3 Å². The molecule has 4 heteroatoms. The number of carbonyl (C=O) groups excluding carboxylic acids is 1. The van der Waals surface area contributed by atoms with Gasteiger partial charge in [0.2, 0.25) is 5.91 Å². The lowest BCUT2D eigenvalue weighted by Crippen LogP contribution is -2.26. The Morgan fingerprint density at radius 1 is 1.38 bits per heavy atom. The van der Waals surface area contributed by atoms with E-state index in [-0.39, 0.29) is 5.91 Å². The lowest BCUT2D eigenvalue weighted by atomic mass is 10.3. The zero-order chi connectivity index (χ0) is 12.0. The second kappa shape index (κ2) is 6.81. The summed E-state index contributed by atoms with van der Waals surface area (Å²) in [6.45, 7) is 2.12. The summed E-state index contributed by atoms with van der Waals surface area (Å²) in [7, 11) is 1.77. The number of hydrogen-bond donors (Lipinski definition) is 0. The van der Waals surface area contributed by atoms with Gasteiger partial charge >= 0.3 is 0 Å². The quantitative estimate of drug-likeness (QED) is 0.595. The Bertz CT molecular complexity index is 339. The van der Waals surface area contributed by atoms with E-state index in [2.05, 4.69) is 6.92 Å².